The van der Waals surface area contributed by atoms with Gasteiger partial charge in [0.2, 0.25) is 0 Å². The monoisotopic (exact) mass is 288 g/mol. The van der Waals surface area contributed by atoms with Crippen molar-refractivity contribution in [1.82, 2.24) is 0 Å². The lowest BCUT2D eigenvalue weighted by molar-refractivity contribution is -0.274. The van der Waals surface area contributed by atoms with Crippen LogP contribution in [0.1, 0.15) is 5.56 Å². The molecule has 0 bridgehead atoms. The second-order valence-corrected chi connectivity index (χ2v) is 3.55. The Hall–Kier alpha value is -1.34. The number of oxime groups is 1. The van der Waals surface area contributed by atoms with E-state index in [1.165, 1.54) is 0 Å². The topological polar surface area (TPSA) is 67.8 Å². The maximum absolute atomic E-state index is 12.1. The third-order valence-electron chi connectivity index (χ3n) is 1.65. The molecule has 0 aliphatic heterocycles. The van der Waals surface area contributed by atoms with Gasteiger partial charge in [-0.25, -0.2) is 0 Å². The summed E-state index contributed by atoms with van der Waals surface area (Å²) in [6.07, 6.45) is -4.93. The van der Waals surface area contributed by atoms with Gasteiger partial charge in [0.25, 0.3) is 0 Å². The molecule has 0 saturated carbocycles. The largest absolute Gasteiger partial charge is 0.573 e. The minimum Gasteiger partial charge on any atom is -0.409 e. The van der Waals surface area contributed by atoms with Crippen molar-refractivity contribution in [1.29, 1.82) is 0 Å². The molecule has 0 amide bonds. The van der Waals surface area contributed by atoms with Gasteiger partial charge in [0.05, 0.1) is 15.6 Å². The molecule has 0 heterocycles. The van der Waals surface area contributed by atoms with Crippen molar-refractivity contribution < 1.29 is 23.1 Å². The van der Waals surface area contributed by atoms with Crippen LogP contribution >= 0.6 is 23.2 Å². The van der Waals surface area contributed by atoms with Gasteiger partial charge in [-0.15, -0.1) is 13.2 Å². The Labute approximate surface area is 103 Å². The summed E-state index contributed by atoms with van der Waals surface area (Å²) in [6, 6.07) is 2.01. The van der Waals surface area contributed by atoms with Crippen LogP contribution < -0.4 is 10.5 Å². The van der Waals surface area contributed by atoms with Gasteiger partial charge in [-0.3, -0.25) is 0 Å². The number of hydrogen-bond acceptors (Lipinski definition) is 3. The van der Waals surface area contributed by atoms with Crippen molar-refractivity contribution in [2.24, 2.45) is 10.9 Å². The predicted molar refractivity (Wildman–Crippen MR) is 55.7 cm³/mol. The molecule has 0 spiro atoms. The molecule has 1 aromatic rings. The number of amidine groups is 1. The number of rotatable bonds is 2. The molecule has 1 rings (SSSR count). The van der Waals surface area contributed by atoms with Gasteiger partial charge in [0, 0.05) is 0 Å². The van der Waals surface area contributed by atoms with Crippen molar-refractivity contribution in [2.75, 3.05) is 0 Å². The average molecular weight is 289 g/mol. The van der Waals surface area contributed by atoms with E-state index in [0.717, 1.165) is 12.1 Å². The molecule has 4 nitrogen and oxygen atoms in total. The first-order valence-electron chi connectivity index (χ1n) is 3.98. The fourth-order valence-corrected chi connectivity index (χ4v) is 1.44. The van der Waals surface area contributed by atoms with Crippen molar-refractivity contribution in [3.8, 4) is 5.75 Å². The Kier molecular flexibility index (Phi) is 3.94. The molecule has 9 heteroatoms. The minimum atomic E-state index is -4.93. The first-order chi connectivity index (χ1) is 7.76. The summed E-state index contributed by atoms with van der Waals surface area (Å²) in [5.74, 6) is -1.35. The second kappa shape index (κ2) is 4.89. The molecule has 0 aromatic heterocycles. The van der Waals surface area contributed by atoms with Gasteiger partial charge >= 0.3 is 6.36 Å². The molecular weight excluding hydrogens is 284 g/mol. The molecule has 0 unspecified atom stereocenters. The molecule has 0 atom stereocenters. The van der Waals surface area contributed by atoms with Crippen molar-refractivity contribution in [2.45, 2.75) is 6.36 Å². The molecule has 0 aliphatic carbocycles. The van der Waals surface area contributed by atoms with Crippen LogP contribution in [0.3, 0.4) is 0 Å². The summed E-state index contributed by atoms with van der Waals surface area (Å²) in [7, 11) is 0. The zero-order chi connectivity index (χ0) is 13.2. The van der Waals surface area contributed by atoms with Gasteiger partial charge in [-0.1, -0.05) is 28.4 Å². The molecular formula is C8H5Cl2F3N2O2. The summed E-state index contributed by atoms with van der Waals surface area (Å²) in [5.41, 5.74) is 4.76. The summed E-state index contributed by atoms with van der Waals surface area (Å²) in [5, 5.41) is 10.7. The van der Waals surface area contributed by atoms with Crippen LogP contribution in [0.5, 0.6) is 5.75 Å². The van der Waals surface area contributed by atoms with E-state index < -0.39 is 23.5 Å². The highest BCUT2D eigenvalue weighted by atomic mass is 35.5. The number of hydrogen-bond donors (Lipinski definition) is 2. The van der Waals surface area contributed by atoms with Gasteiger partial charge in [-0.2, -0.15) is 0 Å². The molecule has 0 radical (unpaired) electrons. The maximum Gasteiger partial charge on any atom is 0.573 e. The van der Waals surface area contributed by atoms with E-state index in [0.29, 0.717) is 0 Å². The smallest absolute Gasteiger partial charge is 0.409 e. The van der Waals surface area contributed by atoms with Crippen LogP contribution in [-0.4, -0.2) is 17.4 Å². The van der Waals surface area contributed by atoms with Gasteiger partial charge in [0.15, 0.2) is 5.84 Å². The van der Waals surface area contributed by atoms with Gasteiger partial charge in [0.1, 0.15) is 5.75 Å². The molecule has 0 aliphatic rings. The number of ether oxygens (including phenoxy) is 1. The molecule has 3 N–H and O–H groups in total. The van der Waals surface area contributed by atoms with E-state index in [2.05, 4.69) is 9.89 Å². The molecule has 1 aromatic carbocycles. The number of alkyl halides is 3. The van der Waals surface area contributed by atoms with E-state index in [-0.39, 0.29) is 10.0 Å². The summed E-state index contributed by atoms with van der Waals surface area (Å²) >= 11 is 11.2. The van der Waals surface area contributed by atoms with Gasteiger partial charge < -0.3 is 15.7 Å². The normalized spacial score (nSPS) is 12.6. The summed E-state index contributed by atoms with van der Waals surface area (Å²) in [4.78, 5) is 0. The molecule has 17 heavy (non-hydrogen) atoms. The van der Waals surface area contributed by atoms with Crippen LogP contribution in [0.15, 0.2) is 17.3 Å². The van der Waals surface area contributed by atoms with E-state index in [9.17, 15) is 13.2 Å². The van der Waals surface area contributed by atoms with Crippen LogP contribution in [0.2, 0.25) is 10.0 Å². The standard InChI is InChI=1S/C8H5Cl2F3N2O2/c9-3-1-2-4(17-8(11,12)13)5(6(3)10)7(14)15-16/h1-2,16H,(H2,14,15). The summed E-state index contributed by atoms with van der Waals surface area (Å²) in [6.45, 7) is 0. The SMILES string of the molecule is NC(=NO)c1c(OC(F)(F)F)ccc(Cl)c1Cl. The lowest BCUT2D eigenvalue weighted by atomic mass is 10.2. The first kappa shape index (κ1) is 13.7. The highest BCUT2D eigenvalue weighted by Crippen LogP contribution is 2.35. The van der Waals surface area contributed by atoms with Crippen molar-refractivity contribution >= 4 is 29.0 Å². The zero-order valence-electron chi connectivity index (χ0n) is 7.92. The van der Waals surface area contributed by atoms with Crippen molar-refractivity contribution in [3.05, 3.63) is 27.7 Å². The van der Waals surface area contributed by atoms with E-state index >= 15 is 0 Å². The van der Waals surface area contributed by atoms with Crippen LogP contribution in [0.25, 0.3) is 0 Å². The lowest BCUT2D eigenvalue weighted by Crippen LogP contribution is -2.22. The molecule has 0 fully saturated rings. The van der Waals surface area contributed by atoms with E-state index in [4.69, 9.17) is 34.1 Å². The van der Waals surface area contributed by atoms with Gasteiger partial charge in [-0.05, 0) is 12.1 Å². The van der Waals surface area contributed by atoms with E-state index in [1.54, 1.807) is 0 Å². The Balaban J connectivity index is 3.36. The third kappa shape index (κ3) is 3.31. The minimum absolute atomic E-state index is 0.0530. The van der Waals surface area contributed by atoms with Crippen LogP contribution in [-0.2, 0) is 0 Å². The number of nitrogens with zero attached hydrogens (tertiary/aromatic N) is 1. The predicted octanol–water partition coefficient (Wildman–Crippen LogP) is 2.99. The van der Waals surface area contributed by atoms with Crippen molar-refractivity contribution in [3.63, 3.8) is 0 Å². The highest BCUT2D eigenvalue weighted by molar-refractivity contribution is 6.44. The Morgan fingerprint density at radius 2 is 1.94 bits per heavy atom. The Morgan fingerprint density at radius 1 is 1.35 bits per heavy atom. The maximum atomic E-state index is 12.1. The van der Waals surface area contributed by atoms with E-state index in [1.807, 2.05) is 0 Å². The third-order valence-corrected chi connectivity index (χ3v) is 2.45. The first-order valence-corrected chi connectivity index (χ1v) is 4.73. The fraction of sp³-hybridized carbons (Fsp3) is 0.125. The number of halogens is 5. The highest BCUT2D eigenvalue weighted by Gasteiger charge is 2.33. The number of benzene rings is 1. The fourth-order valence-electron chi connectivity index (χ4n) is 1.03. The number of nitrogens with two attached hydrogens (primary N) is 1. The second-order valence-electron chi connectivity index (χ2n) is 2.77. The quantitative estimate of drug-likeness (QED) is 0.380. The Morgan fingerprint density at radius 3 is 2.41 bits per heavy atom. The lowest BCUT2D eigenvalue weighted by Gasteiger charge is -2.14. The molecule has 0 saturated heterocycles. The molecule has 94 valence electrons. The Bertz CT molecular complexity index is 463. The van der Waals surface area contributed by atoms with Crippen LogP contribution in [0.4, 0.5) is 13.2 Å². The average Bonchev–Trinajstić information content (AvgIpc) is 2.21. The zero-order valence-corrected chi connectivity index (χ0v) is 9.44. The van der Waals surface area contributed by atoms with Crippen LogP contribution in [0, 0.1) is 0 Å². The summed E-state index contributed by atoms with van der Waals surface area (Å²) < 4.78 is 39.9.